The van der Waals surface area contributed by atoms with Crippen LogP contribution in [0.3, 0.4) is 0 Å². The van der Waals surface area contributed by atoms with Crippen molar-refractivity contribution in [3.63, 3.8) is 0 Å². The Morgan fingerprint density at radius 1 is 0.271 bits per heavy atom. The molecule has 0 saturated carbocycles. The lowest BCUT2D eigenvalue weighted by molar-refractivity contribution is 1.18. The lowest BCUT2D eigenvalue weighted by Crippen LogP contribution is -2.14. The highest BCUT2D eigenvalue weighted by atomic mass is 15.2. The van der Waals surface area contributed by atoms with E-state index in [9.17, 15) is 0 Å². The first-order valence-electron chi connectivity index (χ1n) is 20.1. The molecule has 0 saturated heterocycles. The zero-order chi connectivity index (χ0) is 39.5. The smallest absolute Gasteiger partial charge is 0.0561 e. The Morgan fingerprint density at radius 2 is 0.627 bits per heavy atom. The van der Waals surface area contributed by atoms with Gasteiger partial charge >= 0.3 is 0 Å². The number of hydrogen-bond acceptors (Lipinski definition) is 3. The van der Waals surface area contributed by atoms with Gasteiger partial charge in [0.25, 0.3) is 0 Å². The topological polar surface area (TPSA) is 14.7 Å². The average Bonchev–Trinajstić information content (AvgIpc) is 3.63. The van der Waals surface area contributed by atoms with Gasteiger partial charge in [0, 0.05) is 67.6 Å². The van der Waals surface area contributed by atoms with Crippen molar-refractivity contribution in [2.75, 3.05) is 14.7 Å². The zero-order valence-corrected chi connectivity index (χ0v) is 32.8. The number of rotatable bonds is 10. The molecule has 9 aromatic carbocycles. The van der Waals surface area contributed by atoms with Crippen LogP contribution in [0.25, 0.3) is 27.5 Å². The van der Waals surface area contributed by atoms with Crippen LogP contribution in [0.5, 0.6) is 0 Å². The van der Waals surface area contributed by atoms with E-state index in [1.54, 1.807) is 0 Å². The van der Waals surface area contributed by atoms with Crippen LogP contribution in [0.2, 0.25) is 0 Å². The van der Waals surface area contributed by atoms with Gasteiger partial charge in [0.05, 0.1) is 11.0 Å². The van der Waals surface area contributed by atoms with Crippen LogP contribution in [0.4, 0.5) is 51.2 Å². The molecule has 1 heterocycles. The first-order chi connectivity index (χ1) is 29.2. The molecule has 0 spiro atoms. The molecule has 10 rings (SSSR count). The molecule has 0 aliphatic heterocycles. The zero-order valence-electron chi connectivity index (χ0n) is 32.8. The normalized spacial score (nSPS) is 11.1. The fourth-order valence-corrected chi connectivity index (χ4v) is 8.26. The van der Waals surface area contributed by atoms with E-state index < -0.39 is 0 Å². The molecule has 4 heteroatoms. The molecule has 0 aliphatic rings. The van der Waals surface area contributed by atoms with Gasteiger partial charge in [-0.15, -0.1) is 0 Å². The Bertz CT molecular complexity index is 2960. The SMILES string of the molecule is Cc1ccc(N(c2ccccc2)c2cccc(N(c3cccc(N(c4ccccc4)c4ccccc4)c3)c3ccc4c5ccccc5n(-c5ccccc5)c4c3)c2)cc1. The van der Waals surface area contributed by atoms with Gasteiger partial charge in [-0.3, -0.25) is 0 Å². The molecule has 4 nitrogen and oxygen atoms in total. The standard InChI is InChI=1S/C55H42N4/c1-41-32-34-46(35-33-41)57(44-22-10-4-11-23-44)48-27-17-29-50(39-48)58(49-28-16-26-47(38-49)56(42-18-6-2-7-19-42)43-20-8-3-9-21-43)51-36-37-53-52-30-14-15-31-54(52)59(55(53)40-51)45-24-12-5-13-25-45/h2-40H,1H3. The summed E-state index contributed by atoms with van der Waals surface area (Å²) in [5, 5.41) is 2.44. The van der Waals surface area contributed by atoms with Crippen molar-refractivity contribution in [2.24, 2.45) is 0 Å². The molecular formula is C55H42N4. The Kier molecular flexibility index (Phi) is 9.41. The lowest BCUT2D eigenvalue weighted by Gasteiger charge is -2.31. The second kappa shape index (κ2) is 15.6. The molecule has 0 amide bonds. The minimum absolute atomic E-state index is 1.04. The maximum Gasteiger partial charge on any atom is 0.0561 e. The van der Waals surface area contributed by atoms with Crippen LogP contribution in [0.1, 0.15) is 5.56 Å². The third-order valence-corrected chi connectivity index (χ3v) is 11.0. The van der Waals surface area contributed by atoms with Gasteiger partial charge in [0.1, 0.15) is 0 Å². The van der Waals surface area contributed by atoms with Gasteiger partial charge in [0.2, 0.25) is 0 Å². The van der Waals surface area contributed by atoms with Gasteiger partial charge in [-0.05, 0) is 122 Å². The number of anilines is 9. The summed E-state index contributed by atoms with van der Waals surface area (Å²) in [6, 6.07) is 84.7. The van der Waals surface area contributed by atoms with E-state index in [2.05, 4.69) is 263 Å². The summed E-state index contributed by atoms with van der Waals surface area (Å²) >= 11 is 0. The fraction of sp³-hybridized carbons (Fsp3) is 0.0182. The van der Waals surface area contributed by atoms with Gasteiger partial charge in [0.15, 0.2) is 0 Å². The molecule has 0 bridgehead atoms. The summed E-state index contributed by atoms with van der Waals surface area (Å²) in [6.45, 7) is 2.13. The maximum absolute atomic E-state index is 2.39. The highest BCUT2D eigenvalue weighted by molar-refractivity contribution is 6.10. The van der Waals surface area contributed by atoms with Crippen molar-refractivity contribution < 1.29 is 0 Å². The number of benzene rings is 9. The number of aromatic nitrogens is 1. The third kappa shape index (κ3) is 6.87. The van der Waals surface area contributed by atoms with Gasteiger partial charge in [-0.2, -0.15) is 0 Å². The number of hydrogen-bond donors (Lipinski definition) is 0. The van der Waals surface area contributed by atoms with Crippen molar-refractivity contribution in [2.45, 2.75) is 6.92 Å². The van der Waals surface area contributed by atoms with Crippen molar-refractivity contribution in [1.82, 2.24) is 4.57 Å². The van der Waals surface area contributed by atoms with Crippen LogP contribution in [-0.4, -0.2) is 4.57 Å². The Morgan fingerprint density at radius 3 is 1.14 bits per heavy atom. The van der Waals surface area contributed by atoms with Gasteiger partial charge in [-0.25, -0.2) is 0 Å². The van der Waals surface area contributed by atoms with Crippen molar-refractivity contribution in [3.05, 3.63) is 242 Å². The lowest BCUT2D eigenvalue weighted by atomic mass is 10.1. The van der Waals surface area contributed by atoms with E-state index in [1.807, 2.05) is 0 Å². The monoisotopic (exact) mass is 758 g/mol. The van der Waals surface area contributed by atoms with E-state index >= 15 is 0 Å². The Hall–Kier alpha value is -7.82. The molecule has 10 aromatic rings. The number of fused-ring (bicyclic) bond motifs is 3. The third-order valence-electron chi connectivity index (χ3n) is 11.0. The molecule has 0 aliphatic carbocycles. The second-order valence-corrected chi connectivity index (χ2v) is 14.8. The van der Waals surface area contributed by atoms with E-state index in [0.717, 1.165) is 62.4 Å². The number of aryl methyl sites for hydroxylation is 1. The minimum atomic E-state index is 1.04. The quantitative estimate of drug-likeness (QED) is 0.138. The van der Waals surface area contributed by atoms with Crippen LogP contribution in [0.15, 0.2) is 237 Å². The van der Waals surface area contributed by atoms with Crippen molar-refractivity contribution >= 4 is 73.0 Å². The predicted octanol–water partition coefficient (Wildman–Crippen LogP) is 15.5. The summed E-state index contributed by atoms with van der Waals surface area (Å²) in [4.78, 5) is 7.05. The van der Waals surface area contributed by atoms with E-state index in [1.165, 1.54) is 21.9 Å². The van der Waals surface area contributed by atoms with Crippen molar-refractivity contribution in [1.29, 1.82) is 0 Å². The first-order valence-corrected chi connectivity index (χ1v) is 20.1. The van der Waals surface area contributed by atoms with Gasteiger partial charge < -0.3 is 19.3 Å². The van der Waals surface area contributed by atoms with Crippen LogP contribution in [0, 0.1) is 6.92 Å². The molecule has 1 aromatic heterocycles. The molecule has 0 radical (unpaired) electrons. The summed E-state index contributed by atoms with van der Waals surface area (Å²) in [7, 11) is 0. The second-order valence-electron chi connectivity index (χ2n) is 14.8. The average molecular weight is 759 g/mol. The minimum Gasteiger partial charge on any atom is -0.310 e. The molecular weight excluding hydrogens is 717 g/mol. The molecule has 282 valence electrons. The largest absolute Gasteiger partial charge is 0.310 e. The van der Waals surface area contributed by atoms with E-state index in [0.29, 0.717) is 0 Å². The molecule has 59 heavy (non-hydrogen) atoms. The summed E-state index contributed by atoms with van der Waals surface area (Å²) < 4.78 is 2.39. The maximum atomic E-state index is 2.39. The highest BCUT2D eigenvalue weighted by Crippen LogP contribution is 2.44. The van der Waals surface area contributed by atoms with Crippen LogP contribution in [-0.2, 0) is 0 Å². The highest BCUT2D eigenvalue weighted by Gasteiger charge is 2.21. The predicted molar refractivity (Wildman–Crippen MR) is 250 cm³/mol. The summed E-state index contributed by atoms with van der Waals surface area (Å²) in [6.07, 6.45) is 0. The molecule has 0 unspecified atom stereocenters. The van der Waals surface area contributed by atoms with Crippen molar-refractivity contribution in [3.8, 4) is 5.69 Å². The van der Waals surface area contributed by atoms with Gasteiger partial charge in [-0.1, -0.05) is 127 Å². The fourth-order valence-electron chi connectivity index (χ4n) is 8.26. The summed E-state index contributed by atoms with van der Waals surface area (Å²) in [5.41, 5.74) is 14.3. The first kappa shape index (κ1) is 35.6. The van der Waals surface area contributed by atoms with E-state index in [-0.39, 0.29) is 0 Å². The van der Waals surface area contributed by atoms with Crippen LogP contribution >= 0.6 is 0 Å². The van der Waals surface area contributed by atoms with Crippen LogP contribution < -0.4 is 14.7 Å². The molecule has 0 fully saturated rings. The molecule has 0 N–H and O–H groups in total. The molecule has 0 atom stereocenters. The number of para-hydroxylation sites is 5. The number of nitrogens with zero attached hydrogens (tertiary/aromatic N) is 4. The van der Waals surface area contributed by atoms with E-state index in [4.69, 9.17) is 0 Å². The Balaban J connectivity index is 1.20. The Labute approximate surface area is 345 Å². The summed E-state index contributed by atoms with van der Waals surface area (Å²) in [5.74, 6) is 0.